The highest BCUT2D eigenvalue weighted by molar-refractivity contribution is 6.11. The van der Waals surface area contributed by atoms with Gasteiger partial charge in [0.25, 0.3) is 5.91 Å². The van der Waals surface area contributed by atoms with Crippen molar-refractivity contribution in [1.82, 2.24) is 20.1 Å². The molecule has 2 aliphatic rings. The number of aromatic nitrogens is 1. The molecule has 7 heteroatoms. The van der Waals surface area contributed by atoms with Crippen molar-refractivity contribution in [2.45, 2.75) is 65.0 Å². The maximum atomic E-state index is 13.8. The van der Waals surface area contributed by atoms with Gasteiger partial charge in [0.15, 0.2) is 5.54 Å². The Morgan fingerprint density at radius 3 is 2.68 bits per heavy atom. The quantitative estimate of drug-likeness (QED) is 0.527. The standard InChI is InChI=1S/C24H32N4O3/c1-5-6-9-13-25-21(29)19(15(2)3)28-22(30)24(4)20-17(12-14-27(24)23(28)31)16-10-7-8-11-18(16)26-20/h7-8,10-11,15,19,26H,5-6,9,12-14H2,1-4H3,(H,25,29)/t19-,24-/m0/s1. The lowest BCUT2D eigenvalue weighted by molar-refractivity contribution is -0.140. The molecule has 1 saturated heterocycles. The molecule has 31 heavy (non-hydrogen) atoms. The van der Waals surface area contributed by atoms with Gasteiger partial charge in [0.2, 0.25) is 5.91 Å². The lowest BCUT2D eigenvalue weighted by Gasteiger charge is -2.36. The van der Waals surface area contributed by atoms with E-state index in [0.29, 0.717) is 19.5 Å². The Kier molecular flexibility index (Phi) is 5.54. The summed E-state index contributed by atoms with van der Waals surface area (Å²) in [7, 11) is 0. The van der Waals surface area contributed by atoms with Crippen molar-refractivity contribution in [2.24, 2.45) is 5.92 Å². The fourth-order valence-electron chi connectivity index (χ4n) is 5.07. The summed E-state index contributed by atoms with van der Waals surface area (Å²) in [5.41, 5.74) is 1.69. The van der Waals surface area contributed by atoms with Crippen molar-refractivity contribution in [3.8, 4) is 0 Å². The van der Waals surface area contributed by atoms with Gasteiger partial charge in [0.05, 0.1) is 5.69 Å². The number of urea groups is 1. The number of H-pyrrole nitrogens is 1. The third kappa shape index (κ3) is 3.22. The highest BCUT2D eigenvalue weighted by Gasteiger charge is 2.61. The Morgan fingerprint density at radius 2 is 1.97 bits per heavy atom. The molecule has 0 spiro atoms. The van der Waals surface area contributed by atoms with Gasteiger partial charge in [-0.2, -0.15) is 0 Å². The highest BCUT2D eigenvalue weighted by Crippen LogP contribution is 2.45. The van der Waals surface area contributed by atoms with Crippen LogP contribution in [0.1, 0.15) is 58.2 Å². The smallest absolute Gasteiger partial charge is 0.328 e. The third-order valence-electron chi connectivity index (χ3n) is 6.76. The molecule has 1 aromatic heterocycles. The number of carbonyl (C=O) groups excluding carboxylic acids is 3. The molecule has 4 rings (SSSR count). The van der Waals surface area contributed by atoms with E-state index in [1.165, 1.54) is 4.90 Å². The van der Waals surface area contributed by atoms with Crippen molar-refractivity contribution in [1.29, 1.82) is 0 Å². The zero-order valence-corrected chi connectivity index (χ0v) is 18.8. The molecule has 4 amide bonds. The first-order chi connectivity index (χ1) is 14.8. The van der Waals surface area contributed by atoms with Crippen molar-refractivity contribution in [2.75, 3.05) is 13.1 Å². The van der Waals surface area contributed by atoms with Gasteiger partial charge in [-0.05, 0) is 37.3 Å². The molecule has 1 fully saturated rings. The average molecular weight is 425 g/mol. The second-order valence-electron chi connectivity index (χ2n) is 9.14. The van der Waals surface area contributed by atoms with Crippen LogP contribution in [0.25, 0.3) is 10.9 Å². The van der Waals surface area contributed by atoms with Crippen molar-refractivity contribution >= 4 is 28.7 Å². The number of rotatable bonds is 7. The third-order valence-corrected chi connectivity index (χ3v) is 6.76. The number of unbranched alkanes of at least 4 members (excludes halogenated alkanes) is 2. The Balaban J connectivity index is 1.69. The van der Waals surface area contributed by atoms with Gasteiger partial charge in [0.1, 0.15) is 6.04 Å². The zero-order chi connectivity index (χ0) is 22.3. The van der Waals surface area contributed by atoms with E-state index in [1.807, 2.05) is 38.1 Å². The Morgan fingerprint density at radius 1 is 1.23 bits per heavy atom. The van der Waals surface area contributed by atoms with E-state index in [1.54, 1.807) is 11.8 Å². The first-order valence-corrected chi connectivity index (χ1v) is 11.3. The van der Waals surface area contributed by atoms with Crippen LogP contribution < -0.4 is 5.32 Å². The minimum atomic E-state index is -1.13. The summed E-state index contributed by atoms with van der Waals surface area (Å²) in [6.45, 7) is 8.68. The Bertz CT molecular complexity index is 1030. The zero-order valence-electron chi connectivity index (χ0n) is 18.8. The van der Waals surface area contributed by atoms with E-state index >= 15 is 0 Å². The molecule has 166 valence electrons. The van der Waals surface area contributed by atoms with E-state index < -0.39 is 11.6 Å². The van der Waals surface area contributed by atoms with Crippen LogP contribution in [0.15, 0.2) is 24.3 Å². The predicted octanol–water partition coefficient (Wildman–Crippen LogP) is 3.53. The molecule has 0 radical (unpaired) electrons. The molecule has 2 atom stereocenters. The number of fused-ring (bicyclic) bond motifs is 5. The van der Waals surface area contributed by atoms with Crippen LogP contribution in [0.2, 0.25) is 0 Å². The molecule has 2 N–H and O–H groups in total. The molecule has 0 bridgehead atoms. The summed E-state index contributed by atoms with van der Waals surface area (Å²) >= 11 is 0. The first kappa shape index (κ1) is 21.4. The number of amides is 4. The number of benzene rings is 1. The van der Waals surface area contributed by atoms with Gasteiger partial charge in [-0.3, -0.25) is 9.59 Å². The van der Waals surface area contributed by atoms with Crippen molar-refractivity contribution < 1.29 is 14.4 Å². The molecule has 0 aliphatic carbocycles. The molecular formula is C24H32N4O3. The molecule has 1 aromatic carbocycles. The molecule has 2 aliphatic heterocycles. The van der Waals surface area contributed by atoms with E-state index in [2.05, 4.69) is 17.2 Å². The largest absolute Gasteiger partial charge is 0.356 e. The minimum absolute atomic E-state index is 0.189. The monoisotopic (exact) mass is 424 g/mol. The van der Waals surface area contributed by atoms with Crippen LogP contribution >= 0.6 is 0 Å². The van der Waals surface area contributed by atoms with Crippen LogP contribution in [-0.2, 0) is 21.5 Å². The summed E-state index contributed by atoms with van der Waals surface area (Å²) in [4.78, 5) is 46.5. The lowest BCUT2D eigenvalue weighted by atomic mass is 9.86. The number of para-hydroxylation sites is 1. The number of hydrogen-bond acceptors (Lipinski definition) is 3. The average Bonchev–Trinajstić information content (AvgIpc) is 3.21. The van der Waals surface area contributed by atoms with Gasteiger partial charge in [-0.25, -0.2) is 9.69 Å². The van der Waals surface area contributed by atoms with Crippen LogP contribution in [0.3, 0.4) is 0 Å². The number of hydrogen-bond donors (Lipinski definition) is 2. The van der Waals surface area contributed by atoms with E-state index in [4.69, 9.17) is 0 Å². The summed E-state index contributed by atoms with van der Waals surface area (Å²) in [6, 6.07) is 6.77. The second-order valence-corrected chi connectivity index (χ2v) is 9.14. The van der Waals surface area contributed by atoms with Crippen LogP contribution in [0, 0.1) is 5.92 Å². The summed E-state index contributed by atoms with van der Waals surface area (Å²) < 4.78 is 0. The number of carbonyl (C=O) groups is 3. The van der Waals surface area contributed by atoms with Gasteiger partial charge in [0, 0.05) is 24.0 Å². The van der Waals surface area contributed by atoms with Crippen molar-refractivity contribution in [3.05, 3.63) is 35.5 Å². The van der Waals surface area contributed by atoms with E-state index in [0.717, 1.165) is 41.4 Å². The Labute approximate surface area is 183 Å². The molecule has 3 heterocycles. The second kappa shape index (κ2) is 8.02. The Hall–Kier alpha value is -2.83. The molecule has 2 aromatic rings. The maximum Gasteiger partial charge on any atom is 0.328 e. The van der Waals surface area contributed by atoms with E-state index in [-0.39, 0.29) is 23.8 Å². The minimum Gasteiger partial charge on any atom is -0.356 e. The number of imide groups is 1. The maximum absolute atomic E-state index is 13.8. The van der Waals surface area contributed by atoms with Crippen LogP contribution in [-0.4, -0.2) is 51.8 Å². The number of nitrogens with one attached hydrogen (secondary N) is 2. The summed E-state index contributed by atoms with van der Waals surface area (Å²) in [6.07, 6.45) is 3.66. The topological polar surface area (TPSA) is 85.5 Å². The SMILES string of the molecule is CCCCCNC(=O)[C@H](C(C)C)N1C(=O)N2CCc3c([nH]c4ccccc34)[C@@]2(C)C1=O. The molecular weight excluding hydrogens is 392 g/mol. The predicted molar refractivity (Wildman–Crippen MR) is 119 cm³/mol. The fraction of sp³-hybridized carbons (Fsp3) is 0.542. The lowest BCUT2D eigenvalue weighted by Crippen LogP contribution is -2.53. The normalized spacial score (nSPS) is 21.6. The van der Waals surface area contributed by atoms with Gasteiger partial charge in [-0.15, -0.1) is 0 Å². The molecule has 0 unspecified atom stereocenters. The van der Waals surface area contributed by atoms with E-state index in [9.17, 15) is 14.4 Å². The number of nitrogens with zero attached hydrogens (tertiary/aromatic N) is 2. The van der Waals surface area contributed by atoms with Crippen molar-refractivity contribution in [3.63, 3.8) is 0 Å². The van der Waals surface area contributed by atoms with Gasteiger partial charge in [-0.1, -0.05) is 51.8 Å². The number of aromatic amines is 1. The molecule has 7 nitrogen and oxygen atoms in total. The fourth-order valence-corrected chi connectivity index (χ4v) is 5.07. The van der Waals surface area contributed by atoms with Gasteiger partial charge < -0.3 is 15.2 Å². The van der Waals surface area contributed by atoms with Crippen LogP contribution in [0.5, 0.6) is 0 Å². The highest BCUT2D eigenvalue weighted by atomic mass is 16.2. The first-order valence-electron chi connectivity index (χ1n) is 11.3. The summed E-state index contributed by atoms with van der Waals surface area (Å²) in [5, 5.41) is 4.03. The van der Waals surface area contributed by atoms with Crippen LogP contribution in [0.4, 0.5) is 4.79 Å². The molecule has 0 saturated carbocycles. The van der Waals surface area contributed by atoms with Gasteiger partial charge >= 0.3 is 6.03 Å². The summed E-state index contributed by atoms with van der Waals surface area (Å²) in [5.74, 6) is -0.772.